The van der Waals surface area contributed by atoms with Crippen molar-refractivity contribution >= 4 is 5.91 Å². The number of hydrogen-bond donors (Lipinski definition) is 1. The van der Waals surface area contributed by atoms with Crippen LogP contribution in [0.15, 0.2) is 0 Å². The highest BCUT2D eigenvalue weighted by Crippen LogP contribution is 2.29. The van der Waals surface area contributed by atoms with Crippen molar-refractivity contribution in [1.82, 2.24) is 10.2 Å². The van der Waals surface area contributed by atoms with E-state index in [9.17, 15) is 4.79 Å². The molecule has 1 rings (SSSR count). The van der Waals surface area contributed by atoms with Crippen molar-refractivity contribution in [3.05, 3.63) is 0 Å². The van der Waals surface area contributed by atoms with Crippen LogP contribution in [0.1, 0.15) is 59.8 Å². The molecule has 0 aromatic heterocycles. The van der Waals surface area contributed by atoms with Crippen LogP contribution in [0.3, 0.4) is 0 Å². The van der Waals surface area contributed by atoms with Gasteiger partial charge in [0.15, 0.2) is 0 Å². The number of nitrogens with one attached hydrogen (secondary N) is 1. The minimum absolute atomic E-state index is 0.286. The Labute approximate surface area is 119 Å². The summed E-state index contributed by atoms with van der Waals surface area (Å²) in [4.78, 5) is 13.8. The first kappa shape index (κ1) is 16.5. The van der Waals surface area contributed by atoms with Gasteiger partial charge < -0.3 is 10.2 Å². The molecule has 0 aromatic carbocycles. The van der Waals surface area contributed by atoms with Gasteiger partial charge in [-0.3, -0.25) is 4.79 Å². The van der Waals surface area contributed by atoms with Crippen LogP contribution >= 0.6 is 0 Å². The number of carbonyl (C=O) groups excluding carboxylic acids is 1. The van der Waals surface area contributed by atoms with Gasteiger partial charge in [-0.1, -0.05) is 26.7 Å². The molecule has 0 saturated heterocycles. The molecule has 1 aliphatic rings. The van der Waals surface area contributed by atoms with Gasteiger partial charge >= 0.3 is 0 Å². The van der Waals surface area contributed by atoms with Crippen LogP contribution in [0.25, 0.3) is 0 Å². The number of rotatable bonds is 7. The van der Waals surface area contributed by atoms with Crippen LogP contribution in [0.4, 0.5) is 0 Å². The Balaban J connectivity index is 2.23. The van der Waals surface area contributed by atoms with Gasteiger partial charge in [0.05, 0.1) is 0 Å². The molecule has 2 unspecified atom stereocenters. The van der Waals surface area contributed by atoms with Crippen molar-refractivity contribution < 1.29 is 4.79 Å². The molecular weight excluding hydrogens is 236 g/mol. The molecule has 112 valence electrons. The highest BCUT2D eigenvalue weighted by atomic mass is 16.2. The second-order valence-corrected chi connectivity index (χ2v) is 6.14. The summed E-state index contributed by atoms with van der Waals surface area (Å²) in [7, 11) is 0. The lowest BCUT2D eigenvalue weighted by molar-refractivity contribution is -0.130. The number of nitrogens with zero attached hydrogens (tertiary/aromatic N) is 1. The normalized spacial score (nSPS) is 23.6. The van der Waals surface area contributed by atoms with Gasteiger partial charge in [0, 0.05) is 32.1 Å². The van der Waals surface area contributed by atoms with E-state index in [0.29, 0.717) is 12.5 Å². The fourth-order valence-corrected chi connectivity index (χ4v) is 3.14. The predicted molar refractivity (Wildman–Crippen MR) is 81.1 cm³/mol. The lowest BCUT2D eigenvalue weighted by Gasteiger charge is -2.32. The first-order chi connectivity index (χ1) is 9.08. The van der Waals surface area contributed by atoms with Crippen LogP contribution in [0.5, 0.6) is 0 Å². The van der Waals surface area contributed by atoms with E-state index in [1.807, 2.05) is 18.7 Å². The van der Waals surface area contributed by atoms with Crippen molar-refractivity contribution in [1.29, 1.82) is 0 Å². The molecule has 1 N–H and O–H groups in total. The minimum Gasteiger partial charge on any atom is -0.343 e. The van der Waals surface area contributed by atoms with E-state index < -0.39 is 0 Å². The summed E-state index contributed by atoms with van der Waals surface area (Å²) in [5.74, 6) is 1.94. The van der Waals surface area contributed by atoms with E-state index in [1.165, 1.54) is 25.7 Å². The molecule has 3 heteroatoms. The van der Waals surface area contributed by atoms with E-state index in [0.717, 1.165) is 31.5 Å². The summed E-state index contributed by atoms with van der Waals surface area (Å²) in [6, 6.07) is 0.630. The highest BCUT2D eigenvalue weighted by Gasteiger charge is 2.23. The standard InChI is InChI=1S/C16H32N2O/c1-5-18(6-2)16(19)10-11-17-15-9-7-8-14(12-15)13(3)4/h13-15,17H,5-12H2,1-4H3. The zero-order chi connectivity index (χ0) is 14.3. The van der Waals surface area contributed by atoms with E-state index >= 15 is 0 Å². The van der Waals surface area contributed by atoms with Crippen molar-refractivity contribution in [3.63, 3.8) is 0 Å². The number of amides is 1. The molecule has 1 aliphatic carbocycles. The molecule has 0 spiro atoms. The van der Waals surface area contributed by atoms with Crippen molar-refractivity contribution in [2.75, 3.05) is 19.6 Å². The third kappa shape index (κ3) is 5.52. The molecular formula is C16H32N2O. The van der Waals surface area contributed by atoms with Crippen LogP contribution in [-0.4, -0.2) is 36.5 Å². The Bertz CT molecular complexity index is 261. The van der Waals surface area contributed by atoms with Crippen LogP contribution < -0.4 is 5.32 Å². The molecule has 1 fully saturated rings. The molecule has 0 radical (unpaired) electrons. The molecule has 0 bridgehead atoms. The maximum Gasteiger partial charge on any atom is 0.223 e. The highest BCUT2D eigenvalue weighted by molar-refractivity contribution is 5.76. The van der Waals surface area contributed by atoms with Crippen molar-refractivity contribution in [2.45, 2.75) is 65.8 Å². The third-order valence-corrected chi connectivity index (χ3v) is 4.55. The van der Waals surface area contributed by atoms with E-state index in [1.54, 1.807) is 0 Å². The SMILES string of the molecule is CCN(CC)C(=O)CCNC1CCCC(C(C)C)C1. The first-order valence-corrected chi connectivity index (χ1v) is 8.09. The topological polar surface area (TPSA) is 32.3 Å². The Hall–Kier alpha value is -0.570. The molecule has 1 saturated carbocycles. The zero-order valence-electron chi connectivity index (χ0n) is 13.2. The quantitative estimate of drug-likeness (QED) is 0.769. The second-order valence-electron chi connectivity index (χ2n) is 6.14. The molecule has 0 heterocycles. The fourth-order valence-electron chi connectivity index (χ4n) is 3.14. The van der Waals surface area contributed by atoms with Gasteiger partial charge in [0.25, 0.3) is 0 Å². The summed E-state index contributed by atoms with van der Waals surface area (Å²) < 4.78 is 0. The molecule has 3 nitrogen and oxygen atoms in total. The second kappa shape index (κ2) is 8.57. The van der Waals surface area contributed by atoms with E-state index in [4.69, 9.17) is 0 Å². The van der Waals surface area contributed by atoms with Gasteiger partial charge in [0.2, 0.25) is 5.91 Å². The Morgan fingerprint density at radius 3 is 2.53 bits per heavy atom. The van der Waals surface area contributed by atoms with Gasteiger partial charge in [-0.2, -0.15) is 0 Å². The summed E-state index contributed by atoms with van der Waals surface area (Å²) in [6.07, 6.45) is 5.93. The van der Waals surface area contributed by atoms with Crippen molar-refractivity contribution in [3.8, 4) is 0 Å². The van der Waals surface area contributed by atoms with Gasteiger partial charge in [-0.05, 0) is 38.5 Å². The smallest absolute Gasteiger partial charge is 0.223 e. The van der Waals surface area contributed by atoms with Gasteiger partial charge in [0.1, 0.15) is 0 Å². The lowest BCUT2D eigenvalue weighted by atomic mass is 9.79. The van der Waals surface area contributed by atoms with Crippen LogP contribution in [0, 0.1) is 11.8 Å². The van der Waals surface area contributed by atoms with Gasteiger partial charge in [-0.25, -0.2) is 0 Å². The molecule has 0 aliphatic heterocycles. The average Bonchev–Trinajstić information content (AvgIpc) is 2.40. The molecule has 1 amide bonds. The fraction of sp³-hybridized carbons (Fsp3) is 0.938. The Morgan fingerprint density at radius 1 is 1.26 bits per heavy atom. The van der Waals surface area contributed by atoms with Crippen molar-refractivity contribution in [2.24, 2.45) is 11.8 Å². The first-order valence-electron chi connectivity index (χ1n) is 8.09. The molecule has 2 atom stereocenters. The summed E-state index contributed by atoms with van der Waals surface area (Å²) >= 11 is 0. The average molecular weight is 268 g/mol. The van der Waals surface area contributed by atoms with E-state index in [2.05, 4.69) is 19.2 Å². The third-order valence-electron chi connectivity index (χ3n) is 4.55. The minimum atomic E-state index is 0.286. The zero-order valence-corrected chi connectivity index (χ0v) is 13.2. The largest absolute Gasteiger partial charge is 0.343 e. The lowest BCUT2D eigenvalue weighted by Crippen LogP contribution is -2.38. The van der Waals surface area contributed by atoms with E-state index in [-0.39, 0.29) is 5.91 Å². The number of carbonyl (C=O) groups is 1. The van der Waals surface area contributed by atoms with Gasteiger partial charge in [-0.15, -0.1) is 0 Å². The monoisotopic (exact) mass is 268 g/mol. The summed E-state index contributed by atoms with van der Waals surface area (Å²) in [6.45, 7) is 11.2. The molecule has 19 heavy (non-hydrogen) atoms. The maximum absolute atomic E-state index is 11.9. The molecule has 0 aromatic rings. The Kier molecular flexibility index (Phi) is 7.44. The Morgan fingerprint density at radius 2 is 1.95 bits per heavy atom. The van der Waals surface area contributed by atoms with Crippen LogP contribution in [0.2, 0.25) is 0 Å². The number of hydrogen-bond acceptors (Lipinski definition) is 2. The maximum atomic E-state index is 11.9. The summed E-state index contributed by atoms with van der Waals surface area (Å²) in [5, 5.41) is 3.59. The predicted octanol–water partition coefficient (Wildman–Crippen LogP) is 3.05. The van der Waals surface area contributed by atoms with Crippen LogP contribution in [-0.2, 0) is 4.79 Å². The summed E-state index contributed by atoms with van der Waals surface area (Å²) in [5.41, 5.74) is 0.